The molecule has 1 atom stereocenters. The molecule has 7 heteroatoms. The second kappa shape index (κ2) is 8.63. The number of halogens is 1. The van der Waals surface area contributed by atoms with Gasteiger partial charge >= 0.3 is 0 Å². The fourth-order valence-electron chi connectivity index (χ4n) is 2.76. The SMILES string of the molecule is CNC(=O)C1CN(CCOc2ccc(F)cc2)CCN(C(C)=O)C1. The van der Waals surface area contributed by atoms with E-state index in [0.717, 1.165) is 0 Å². The van der Waals surface area contributed by atoms with Crippen molar-refractivity contribution in [2.75, 3.05) is 46.4 Å². The quantitative estimate of drug-likeness (QED) is 0.861. The Balaban J connectivity index is 1.89. The predicted molar refractivity (Wildman–Crippen MR) is 88.1 cm³/mol. The number of hydrogen-bond acceptors (Lipinski definition) is 4. The van der Waals surface area contributed by atoms with E-state index in [1.807, 2.05) is 0 Å². The van der Waals surface area contributed by atoms with Crippen molar-refractivity contribution < 1.29 is 18.7 Å². The summed E-state index contributed by atoms with van der Waals surface area (Å²) in [5.74, 6) is -0.0276. The average molecular weight is 337 g/mol. The second-order valence-corrected chi connectivity index (χ2v) is 5.88. The molecule has 0 aromatic heterocycles. The minimum Gasteiger partial charge on any atom is -0.492 e. The molecule has 0 bridgehead atoms. The normalized spacial score (nSPS) is 18.8. The maximum absolute atomic E-state index is 12.9. The molecule has 1 heterocycles. The van der Waals surface area contributed by atoms with Gasteiger partial charge in [0.05, 0.1) is 5.92 Å². The maximum Gasteiger partial charge on any atom is 0.225 e. The highest BCUT2D eigenvalue weighted by Gasteiger charge is 2.28. The lowest BCUT2D eigenvalue weighted by Gasteiger charge is -2.22. The van der Waals surface area contributed by atoms with Crippen molar-refractivity contribution in [2.24, 2.45) is 5.92 Å². The largest absolute Gasteiger partial charge is 0.492 e. The fraction of sp³-hybridized carbons (Fsp3) is 0.529. The molecular weight excluding hydrogens is 313 g/mol. The molecule has 1 aliphatic rings. The topological polar surface area (TPSA) is 61.9 Å². The summed E-state index contributed by atoms with van der Waals surface area (Å²) >= 11 is 0. The first-order chi connectivity index (χ1) is 11.5. The molecule has 2 rings (SSSR count). The van der Waals surface area contributed by atoms with Gasteiger partial charge in [-0.05, 0) is 24.3 Å². The number of carbonyl (C=O) groups is 2. The third-order valence-corrected chi connectivity index (χ3v) is 4.16. The van der Waals surface area contributed by atoms with Crippen molar-refractivity contribution in [3.05, 3.63) is 30.1 Å². The van der Waals surface area contributed by atoms with Crippen LogP contribution in [-0.2, 0) is 9.59 Å². The van der Waals surface area contributed by atoms with Crippen molar-refractivity contribution in [2.45, 2.75) is 6.92 Å². The molecule has 1 unspecified atom stereocenters. The van der Waals surface area contributed by atoms with Gasteiger partial charge in [-0.3, -0.25) is 14.5 Å². The first kappa shape index (κ1) is 18.2. The van der Waals surface area contributed by atoms with Crippen molar-refractivity contribution >= 4 is 11.8 Å². The van der Waals surface area contributed by atoms with Crippen LogP contribution in [0, 0.1) is 11.7 Å². The number of rotatable bonds is 5. The third kappa shape index (κ3) is 5.19. The van der Waals surface area contributed by atoms with Crippen LogP contribution in [0.5, 0.6) is 5.75 Å². The van der Waals surface area contributed by atoms with Gasteiger partial charge in [0.15, 0.2) is 0 Å². The molecule has 2 amide bonds. The Hall–Kier alpha value is -2.15. The zero-order valence-corrected chi connectivity index (χ0v) is 14.1. The van der Waals surface area contributed by atoms with Crippen LogP contribution >= 0.6 is 0 Å². The van der Waals surface area contributed by atoms with E-state index < -0.39 is 0 Å². The summed E-state index contributed by atoms with van der Waals surface area (Å²) in [6.45, 7) is 4.90. The molecule has 1 aromatic carbocycles. The van der Waals surface area contributed by atoms with Gasteiger partial charge in [0.1, 0.15) is 18.2 Å². The Bertz CT molecular complexity index is 565. The van der Waals surface area contributed by atoms with Crippen molar-refractivity contribution in [1.82, 2.24) is 15.1 Å². The highest BCUT2D eigenvalue weighted by Crippen LogP contribution is 2.13. The molecule has 24 heavy (non-hydrogen) atoms. The average Bonchev–Trinajstić information content (AvgIpc) is 2.79. The lowest BCUT2D eigenvalue weighted by molar-refractivity contribution is -0.130. The first-order valence-electron chi connectivity index (χ1n) is 8.07. The molecule has 0 spiro atoms. The molecule has 0 aliphatic carbocycles. The van der Waals surface area contributed by atoms with Gasteiger partial charge in [0.25, 0.3) is 0 Å². The van der Waals surface area contributed by atoms with Gasteiger partial charge in [-0.1, -0.05) is 0 Å². The van der Waals surface area contributed by atoms with E-state index >= 15 is 0 Å². The minimum atomic E-state index is -0.299. The second-order valence-electron chi connectivity index (χ2n) is 5.88. The summed E-state index contributed by atoms with van der Waals surface area (Å²) in [5.41, 5.74) is 0. The molecule has 1 saturated heterocycles. The predicted octanol–water partition coefficient (Wildman–Crippen LogP) is 0.731. The van der Waals surface area contributed by atoms with Crippen molar-refractivity contribution in [3.8, 4) is 5.75 Å². The number of nitrogens with one attached hydrogen (secondary N) is 1. The van der Waals surface area contributed by atoms with Gasteiger partial charge in [-0.25, -0.2) is 4.39 Å². The van der Waals surface area contributed by atoms with Crippen LogP contribution in [0.3, 0.4) is 0 Å². The summed E-state index contributed by atoms with van der Waals surface area (Å²) in [4.78, 5) is 27.5. The van der Waals surface area contributed by atoms with Crippen molar-refractivity contribution in [1.29, 1.82) is 0 Å². The smallest absolute Gasteiger partial charge is 0.225 e. The molecule has 6 nitrogen and oxygen atoms in total. The van der Waals surface area contributed by atoms with Crippen molar-refractivity contribution in [3.63, 3.8) is 0 Å². The Morgan fingerprint density at radius 2 is 1.96 bits per heavy atom. The van der Waals surface area contributed by atoms with Gasteiger partial charge in [-0.2, -0.15) is 0 Å². The number of benzene rings is 1. The zero-order chi connectivity index (χ0) is 17.5. The van der Waals surface area contributed by atoms with Crippen LogP contribution in [0.4, 0.5) is 4.39 Å². The van der Waals surface area contributed by atoms with Gasteiger partial charge in [-0.15, -0.1) is 0 Å². The Kier molecular flexibility index (Phi) is 6.54. The third-order valence-electron chi connectivity index (χ3n) is 4.16. The molecule has 1 fully saturated rings. The Morgan fingerprint density at radius 1 is 1.25 bits per heavy atom. The van der Waals surface area contributed by atoms with Gasteiger partial charge < -0.3 is 15.0 Å². The van der Waals surface area contributed by atoms with Crippen LogP contribution in [0.25, 0.3) is 0 Å². The fourth-order valence-corrected chi connectivity index (χ4v) is 2.76. The van der Waals surface area contributed by atoms with Crippen LogP contribution in [-0.4, -0.2) is 68.0 Å². The van der Waals surface area contributed by atoms with Crippen LogP contribution in [0.2, 0.25) is 0 Å². The zero-order valence-electron chi connectivity index (χ0n) is 14.1. The van der Waals surface area contributed by atoms with E-state index in [9.17, 15) is 14.0 Å². The lowest BCUT2D eigenvalue weighted by atomic mass is 10.1. The van der Waals surface area contributed by atoms with E-state index in [2.05, 4.69) is 10.2 Å². The van der Waals surface area contributed by atoms with Crippen LogP contribution < -0.4 is 10.1 Å². The summed E-state index contributed by atoms with van der Waals surface area (Å²) < 4.78 is 18.5. The standard InChI is InChI=1S/C17H24FN3O3/c1-13(22)21-8-7-20(11-14(12-21)17(23)19-2)9-10-24-16-5-3-15(18)4-6-16/h3-6,14H,7-12H2,1-2H3,(H,19,23). The molecule has 132 valence electrons. The highest BCUT2D eigenvalue weighted by atomic mass is 19.1. The number of ether oxygens (including phenoxy) is 1. The van der Waals surface area contributed by atoms with E-state index in [4.69, 9.17) is 4.74 Å². The highest BCUT2D eigenvalue weighted by molar-refractivity contribution is 5.80. The summed E-state index contributed by atoms with van der Waals surface area (Å²) in [5, 5.41) is 2.66. The molecular formula is C17H24FN3O3. The van der Waals surface area contributed by atoms with Gasteiger partial charge in [0, 0.05) is 46.7 Å². The Morgan fingerprint density at radius 3 is 2.58 bits per heavy atom. The summed E-state index contributed by atoms with van der Waals surface area (Å²) in [6.07, 6.45) is 0. The first-order valence-corrected chi connectivity index (χ1v) is 8.07. The molecule has 0 radical (unpaired) electrons. The monoisotopic (exact) mass is 337 g/mol. The van der Waals surface area contributed by atoms with Crippen LogP contribution in [0.15, 0.2) is 24.3 Å². The van der Waals surface area contributed by atoms with E-state index in [-0.39, 0.29) is 23.5 Å². The molecule has 1 N–H and O–H groups in total. The number of nitrogens with zero attached hydrogens (tertiary/aromatic N) is 2. The molecule has 0 saturated carbocycles. The number of hydrogen-bond donors (Lipinski definition) is 1. The molecule has 1 aliphatic heterocycles. The van der Waals surface area contributed by atoms with E-state index in [1.54, 1.807) is 24.1 Å². The maximum atomic E-state index is 12.9. The van der Waals surface area contributed by atoms with E-state index in [0.29, 0.717) is 45.1 Å². The van der Waals surface area contributed by atoms with Gasteiger partial charge in [0.2, 0.25) is 11.8 Å². The Labute approximate surface area is 141 Å². The van der Waals surface area contributed by atoms with E-state index in [1.165, 1.54) is 19.1 Å². The minimum absolute atomic E-state index is 0.0201. The summed E-state index contributed by atoms with van der Waals surface area (Å²) in [7, 11) is 1.60. The lowest BCUT2D eigenvalue weighted by Crippen LogP contribution is -2.41. The molecule has 1 aromatic rings. The number of carbonyl (C=O) groups excluding carboxylic acids is 2. The number of amides is 2. The summed E-state index contributed by atoms with van der Waals surface area (Å²) in [6, 6.07) is 5.88. The van der Waals surface area contributed by atoms with Crippen LogP contribution in [0.1, 0.15) is 6.92 Å².